The van der Waals surface area contributed by atoms with Crippen molar-refractivity contribution in [2.75, 3.05) is 0 Å². The molecule has 2 atom stereocenters. The lowest BCUT2D eigenvalue weighted by molar-refractivity contribution is 0.0528. The maximum atomic E-state index is 2.46. The van der Waals surface area contributed by atoms with Crippen molar-refractivity contribution >= 4 is 0 Å². The van der Waals surface area contributed by atoms with Crippen LogP contribution in [0.3, 0.4) is 0 Å². The summed E-state index contributed by atoms with van der Waals surface area (Å²) in [5.41, 5.74) is 0.732. The Balaban J connectivity index is 0.000000561. The Morgan fingerprint density at radius 1 is 1.33 bits per heavy atom. The lowest BCUT2D eigenvalue weighted by atomic mass is 9.60. The second-order valence-corrected chi connectivity index (χ2v) is 4.20. The molecular weight excluding hydrogens is 144 g/mol. The van der Waals surface area contributed by atoms with Gasteiger partial charge in [-0.15, -0.1) is 0 Å². The zero-order valence-corrected chi connectivity index (χ0v) is 9.61. The van der Waals surface area contributed by atoms with E-state index in [1.807, 2.05) is 13.8 Å². The van der Waals surface area contributed by atoms with Gasteiger partial charge in [0.05, 0.1) is 0 Å². The van der Waals surface area contributed by atoms with Crippen LogP contribution in [0.15, 0.2) is 0 Å². The molecule has 0 aliphatic heterocycles. The van der Waals surface area contributed by atoms with Crippen molar-refractivity contribution < 1.29 is 0 Å². The Morgan fingerprint density at radius 2 is 1.92 bits per heavy atom. The lowest BCUT2D eigenvalue weighted by Crippen LogP contribution is -2.35. The zero-order chi connectivity index (χ0) is 9.61. The predicted molar refractivity (Wildman–Crippen MR) is 57.4 cm³/mol. The third-order valence-electron chi connectivity index (χ3n) is 3.44. The van der Waals surface area contributed by atoms with Crippen LogP contribution in [-0.4, -0.2) is 0 Å². The topological polar surface area (TPSA) is 0 Å². The highest BCUT2D eigenvalue weighted by atomic mass is 14.4. The van der Waals surface area contributed by atoms with Crippen LogP contribution in [0.4, 0.5) is 0 Å². The molecule has 0 aromatic rings. The summed E-state index contributed by atoms with van der Waals surface area (Å²) in [5, 5.41) is 0. The molecular formula is C12H26. The third-order valence-corrected chi connectivity index (χ3v) is 3.44. The van der Waals surface area contributed by atoms with E-state index >= 15 is 0 Å². The molecule has 0 spiro atoms. The van der Waals surface area contributed by atoms with Gasteiger partial charge in [-0.3, -0.25) is 0 Å². The van der Waals surface area contributed by atoms with Crippen molar-refractivity contribution in [1.82, 2.24) is 0 Å². The zero-order valence-electron chi connectivity index (χ0n) is 9.61. The van der Waals surface area contributed by atoms with Crippen molar-refractivity contribution in [1.29, 1.82) is 0 Å². The highest BCUT2D eigenvalue weighted by Crippen LogP contribution is 2.49. The number of rotatable bonds is 3. The molecule has 0 saturated heterocycles. The first-order valence-electron chi connectivity index (χ1n) is 5.69. The third kappa shape index (κ3) is 2.80. The quantitative estimate of drug-likeness (QED) is 0.579. The van der Waals surface area contributed by atoms with Gasteiger partial charge in [0.25, 0.3) is 0 Å². The van der Waals surface area contributed by atoms with Crippen molar-refractivity contribution in [3.63, 3.8) is 0 Å². The highest BCUT2D eigenvalue weighted by molar-refractivity contribution is 4.88. The fourth-order valence-corrected chi connectivity index (χ4v) is 1.88. The molecule has 74 valence electrons. The fourth-order valence-electron chi connectivity index (χ4n) is 1.88. The van der Waals surface area contributed by atoms with Crippen LogP contribution in [0.2, 0.25) is 0 Å². The Bertz CT molecular complexity index is 107. The second-order valence-electron chi connectivity index (χ2n) is 4.20. The van der Waals surface area contributed by atoms with Gasteiger partial charge in [0.1, 0.15) is 0 Å². The molecule has 0 aromatic carbocycles. The molecule has 12 heavy (non-hydrogen) atoms. The van der Waals surface area contributed by atoms with Gasteiger partial charge in [-0.05, 0) is 30.6 Å². The molecule has 1 aliphatic carbocycles. The lowest BCUT2D eigenvalue weighted by Gasteiger charge is -2.45. The molecule has 1 fully saturated rings. The summed E-state index contributed by atoms with van der Waals surface area (Å²) in [4.78, 5) is 0. The summed E-state index contributed by atoms with van der Waals surface area (Å²) in [6.45, 7) is 11.1. The largest absolute Gasteiger partial charge is 0.0683 e. The first-order valence-corrected chi connectivity index (χ1v) is 5.69. The van der Waals surface area contributed by atoms with E-state index in [0.717, 1.165) is 11.3 Å². The summed E-state index contributed by atoms with van der Waals surface area (Å²) in [7, 11) is 0. The Morgan fingerprint density at radius 3 is 2.17 bits per heavy atom. The normalized spacial score (nSPS) is 33.2. The van der Waals surface area contributed by atoms with Gasteiger partial charge >= 0.3 is 0 Å². The molecule has 0 aromatic heterocycles. The van der Waals surface area contributed by atoms with Gasteiger partial charge < -0.3 is 0 Å². The SMILES string of the molecule is CC.CCCCC1(C)CCC1C. The maximum absolute atomic E-state index is 2.46. The number of hydrogen-bond acceptors (Lipinski definition) is 0. The van der Waals surface area contributed by atoms with Gasteiger partial charge in [-0.1, -0.05) is 47.5 Å². The summed E-state index contributed by atoms with van der Waals surface area (Å²) in [6, 6.07) is 0. The van der Waals surface area contributed by atoms with Crippen molar-refractivity contribution in [2.45, 2.75) is 66.7 Å². The standard InChI is InChI=1S/C10H20.C2H6/c1-4-5-7-10(3)8-6-9(10)2;1-2/h9H,4-8H2,1-3H3;1-2H3. The summed E-state index contributed by atoms with van der Waals surface area (Å²) < 4.78 is 0. The monoisotopic (exact) mass is 170 g/mol. The smallest absolute Gasteiger partial charge is 0.0300 e. The first-order chi connectivity index (χ1) is 5.69. The van der Waals surface area contributed by atoms with Gasteiger partial charge in [0.15, 0.2) is 0 Å². The van der Waals surface area contributed by atoms with E-state index in [4.69, 9.17) is 0 Å². The average molecular weight is 170 g/mol. The average Bonchev–Trinajstić information content (AvgIpc) is 2.15. The van der Waals surface area contributed by atoms with Crippen LogP contribution >= 0.6 is 0 Å². The minimum atomic E-state index is 0.732. The summed E-state index contributed by atoms with van der Waals surface area (Å²) in [6.07, 6.45) is 7.21. The van der Waals surface area contributed by atoms with E-state index in [1.54, 1.807) is 0 Å². The van der Waals surface area contributed by atoms with E-state index in [-0.39, 0.29) is 0 Å². The van der Waals surface area contributed by atoms with Gasteiger partial charge in [-0.2, -0.15) is 0 Å². The van der Waals surface area contributed by atoms with Gasteiger partial charge in [0.2, 0.25) is 0 Å². The van der Waals surface area contributed by atoms with Gasteiger partial charge in [-0.25, -0.2) is 0 Å². The van der Waals surface area contributed by atoms with Gasteiger partial charge in [0, 0.05) is 0 Å². The van der Waals surface area contributed by atoms with Crippen molar-refractivity contribution in [2.24, 2.45) is 11.3 Å². The van der Waals surface area contributed by atoms with Crippen LogP contribution in [0.5, 0.6) is 0 Å². The molecule has 1 saturated carbocycles. The fraction of sp³-hybridized carbons (Fsp3) is 1.00. The predicted octanol–water partition coefficient (Wildman–Crippen LogP) is 4.64. The van der Waals surface area contributed by atoms with E-state index in [2.05, 4.69) is 20.8 Å². The highest BCUT2D eigenvalue weighted by Gasteiger charge is 2.38. The van der Waals surface area contributed by atoms with E-state index < -0.39 is 0 Å². The second kappa shape index (κ2) is 5.61. The molecule has 1 rings (SSSR count). The Labute approximate surface area is 78.8 Å². The van der Waals surface area contributed by atoms with E-state index in [0.29, 0.717) is 0 Å². The number of hydrogen-bond donors (Lipinski definition) is 0. The summed E-state index contributed by atoms with van der Waals surface area (Å²) >= 11 is 0. The van der Waals surface area contributed by atoms with Crippen LogP contribution < -0.4 is 0 Å². The molecule has 0 heterocycles. The Hall–Kier alpha value is 0. The Kier molecular flexibility index (Phi) is 5.61. The molecule has 0 N–H and O–H groups in total. The van der Waals surface area contributed by atoms with E-state index in [1.165, 1.54) is 32.1 Å². The van der Waals surface area contributed by atoms with Crippen molar-refractivity contribution in [3.05, 3.63) is 0 Å². The van der Waals surface area contributed by atoms with E-state index in [9.17, 15) is 0 Å². The summed E-state index contributed by atoms with van der Waals surface area (Å²) in [5.74, 6) is 0.999. The minimum Gasteiger partial charge on any atom is -0.0683 e. The molecule has 0 radical (unpaired) electrons. The van der Waals surface area contributed by atoms with Crippen LogP contribution in [0.25, 0.3) is 0 Å². The molecule has 2 unspecified atom stereocenters. The molecule has 1 aliphatic rings. The van der Waals surface area contributed by atoms with Crippen LogP contribution in [0.1, 0.15) is 66.7 Å². The molecule has 0 amide bonds. The number of unbranched alkanes of at least 4 members (excludes halogenated alkanes) is 1. The molecule has 0 bridgehead atoms. The minimum absolute atomic E-state index is 0.732. The van der Waals surface area contributed by atoms with Crippen molar-refractivity contribution in [3.8, 4) is 0 Å². The molecule has 0 nitrogen and oxygen atoms in total. The van der Waals surface area contributed by atoms with Crippen LogP contribution in [-0.2, 0) is 0 Å². The molecule has 0 heteroatoms. The van der Waals surface area contributed by atoms with Crippen LogP contribution in [0, 0.1) is 11.3 Å². The first kappa shape index (κ1) is 12.0. The maximum Gasteiger partial charge on any atom is -0.0300 e.